The number of para-hydroxylation sites is 2. The predicted molar refractivity (Wildman–Crippen MR) is 126 cm³/mol. The number of carbonyl (C=O) groups excluding carboxylic acids is 1. The van der Waals surface area contributed by atoms with Crippen LogP contribution in [0.15, 0.2) is 84.4 Å². The van der Waals surface area contributed by atoms with E-state index < -0.39 is 0 Å². The van der Waals surface area contributed by atoms with E-state index in [1.807, 2.05) is 53.1 Å². The standard InChI is InChI=1S/C25H22N2O4S/c1-4-14-27-19-15-21(29-2)22(30-3)16-23(19)32-25(27)26-24(28)18-12-8-9-13-20(18)31-17-10-6-5-7-11-17/h4-13,15-16H,1,14H2,2-3H3. The molecule has 0 atom stereocenters. The van der Waals surface area contributed by atoms with E-state index in [-0.39, 0.29) is 5.91 Å². The summed E-state index contributed by atoms with van der Waals surface area (Å²) in [6.07, 6.45) is 1.76. The molecule has 7 heteroatoms. The maximum Gasteiger partial charge on any atom is 0.283 e. The highest BCUT2D eigenvalue weighted by molar-refractivity contribution is 7.16. The molecule has 0 radical (unpaired) electrons. The molecule has 6 nitrogen and oxygen atoms in total. The van der Waals surface area contributed by atoms with Crippen LogP contribution in [-0.2, 0) is 6.54 Å². The minimum absolute atomic E-state index is 0.383. The van der Waals surface area contributed by atoms with E-state index in [2.05, 4.69) is 11.6 Å². The number of thiazole rings is 1. The van der Waals surface area contributed by atoms with Crippen LogP contribution in [0.1, 0.15) is 10.4 Å². The number of aromatic nitrogens is 1. The molecule has 1 aromatic heterocycles. The molecule has 4 rings (SSSR count). The number of hydrogen-bond donors (Lipinski definition) is 0. The number of benzene rings is 3. The Morgan fingerprint density at radius 1 is 1.00 bits per heavy atom. The van der Waals surface area contributed by atoms with Crippen LogP contribution in [0, 0.1) is 0 Å². The van der Waals surface area contributed by atoms with Gasteiger partial charge >= 0.3 is 0 Å². The monoisotopic (exact) mass is 446 g/mol. The van der Waals surface area contributed by atoms with Crippen LogP contribution in [0.2, 0.25) is 0 Å². The molecule has 0 N–H and O–H groups in total. The molecule has 0 unspecified atom stereocenters. The first-order valence-corrected chi connectivity index (χ1v) is 10.7. The number of carbonyl (C=O) groups is 1. The fourth-order valence-corrected chi connectivity index (χ4v) is 4.33. The normalized spacial score (nSPS) is 11.4. The molecule has 3 aromatic carbocycles. The van der Waals surface area contributed by atoms with Gasteiger partial charge in [0.05, 0.1) is 30.0 Å². The molecule has 0 aliphatic rings. The van der Waals surface area contributed by atoms with Crippen molar-refractivity contribution in [2.24, 2.45) is 4.99 Å². The number of fused-ring (bicyclic) bond motifs is 1. The van der Waals surface area contributed by atoms with Crippen molar-refractivity contribution in [2.45, 2.75) is 6.54 Å². The van der Waals surface area contributed by atoms with Crippen molar-refractivity contribution >= 4 is 27.5 Å². The Bertz CT molecular complexity index is 1340. The van der Waals surface area contributed by atoms with E-state index in [0.29, 0.717) is 39.9 Å². The Hall–Kier alpha value is -3.84. The first kappa shape index (κ1) is 21.4. The predicted octanol–water partition coefficient (Wildman–Crippen LogP) is 5.44. The molecule has 0 fully saturated rings. The first-order valence-electron chi connectivity index (χ1n) is 9.92. The van der Waals surface area contributed by atoms with E-state index in [9.17, 15) is 4.79 Å². The van der Waals surface area contributed by atoms with Crippen molar-refractivity contribution in [1.29, 1.82) is 0 Å². The number of ether oxygens (including phenoxy) is 3. The molecule has 1 heterocycles. The second-order valence-corrected chi connectivity index (χ2v) is 7.80. The molecule has 0 saturated heterocycles. The first-order chi connectivity index (χ1) is 15.6. The Labute approximate surface area is 189 Å². The maximum atomic E-state index is 13.2. The van der Waals surface area contributed by atoms with Gasteiger partial charge in [0, 0.05) is 18.7 Å². The number of rotatable bonds is 7. The Kier molecular flexibility index (Phi) is 6.37. The highest BCUT2D eigenvalue weighted by Crippen LogP contribution is 2.33. The van der Waals surface area contributed by atoms with Crippen molar-refractivity contribution in [1.82, 2.24) is 4.57 Å². The molecule has 32 heavy (non-hydrogen) atoms. The van der Waals surface area contributed by atoms with Crippen molar-refractivity contribution in [3.63, 3.8) is 0 Å². The van der Waals surface area contributed by atoms with Gasteiger partial charge in [-0.05, 0) is 24.3 Å². The minimum atomic E-state index is -0.389. The van der Waals surface area contributed by atoms with Crippen LogP contribution in [0.25, 0.3) is 10.2 Å². The molecule has 0 aliphatic carbocycles. The third-order valence-corrected chi connectivity index (χ3v) is 5.83. The second-order valence-electron chi connectivity index (χ2n) is 6.79. The summed E-state index contributed by atoms with van der Waals surface area (Å²) in [4.78, 5) is 18.2. The Morgan fingerprint density at radius 3 is 2.41 bits per heavy atom. The van der Waals surface area contributed by atoms with Crippen molar-refractivity contribution in [3.8, 4) is 23.0 Å². The lowest BCUT2D eigenvalue weighted by Crippen LogP contribution is -2.16. The quantitative estimate of drug-likeness (QED) is 0.355. The van der Waals surface area contributed by atoms with E-state index in [0.717, 1.165) is 10.2 Å². The SMILES string of the molecule is C=CCn1c(=NC(=O)c2ccccc2Oc2ccccc2)sc2cc(OC)c(OC)cc21. The van der Waals surface area contributed by atoms with Gasteiger partial charge in [0.1, 0.15) is 11.5 Å². The van der Waals surface area contributed by atoms with Gasteiger partial charge in [0.15, 0.2) is 16.3 Å². The molecular weight excluding hydrogens is 424 g/mol. The van der Waals surface area contributed by atoms with Gasteiger partial charge in [0.2, 0.25) is 0 Å². The zero-order valence-corrected chi connectivity index (χ0v) is 18.6. The molecule has 162 valence electrons. The summed E-state index contributed by atoms with van der Waals surface area (Å²) in [5, 5.41) is 0. The fourth-order valence-electron chi connectivity index (χ4n) is 3.28. The number of methoxy groups -OCH3 is 2. The van der Waals surface area contributed by atoms with Crippen molar-refractivity contribution in [2.75, 3.05) is 14.2 Å². The summed E-state index contributed by atoms with van der Waals surface area (Å²) >= 11 is 1.40. The van der Waals surface area contributed by atoms with Crippen LogP contribution < -0.4 is 19.0 Å². The summed E-state index contributed by atoms with van der Waals surface area (Å²) < 4.78 is 19.6. The van der Waals surface area contributed by atoms with Gasteiger partial charge in [-0.3, -0.25) is 4.79 Å². The van der Waals surface area contributed by atoms with Gasteiger partial charge in [-0.25, -0.2) is 0 Å². The zero-order valence-electron chi connectivity index (χ0n) is 17.8. The second kappa shape index (κ2) is 9.53. The third-order valence-electron chi connectivity index (χ3n) is 4.79. The molecular formula is C25H22N2O4S. The van der Waals surface area contributed by atoms with Crippen LogP contribution in [0.3, 0.4) is 0 Å². The molecule has 0 spiro atoms. The highest BCUT2D eigenvalue weighted by Gasteiger charge is 2.15. The van der Waals surface area contributed by atoms with Gasteiger partial charge in [0.25, 0.3) is 5.91 Å². The number of amides is 1. The smallest absolute Gasteiger partial charge is 0.283 e. The largest absolute Gasteiger partial charge is 0.493 e. The maximum absolute atomic E-state index is 13.2. The average Bonchev–Trinajstić information content (AvgIpc) is 3.15. The lowest BCUT2D eigenvalue weighted by atomic mass is 10.2. The molecule has 0 saturated carbocycles. The summed E-state index contributed by atoms with van der Waals surface area (Å²) in [5.74, 6) is 1.93. The summed E-state index contributed by atoms with van der Waals surface area (Å²) in [5.41, 5.74) is 1.27. The van der Waals surface area contributed by atoms with Gasteiger partial charge in [-0.15, -0.1) is 6.58 Å². The zero-order chi connectivity index (χ0) is 22.5. The van der Waals surface area contributed by atoms with Gasteiger partial charge in [-0.1, -0.05) is 47.7 Å². The molecule has 4 aromatic rings. The number of allylic oxidation sites excluding steroid dienone is 1. The highest BCUT2D eigenvalue weighted by atomic mass is 32.1. The lowest BCUT2D eigenvalue weighted by molar-refractivity contribution is 0.0995. The van der Waals surface area contributed by atoms with Crippen LogP contribution in [0.5, 0.6) is 23.0 Å². The Morgan fingerprint density at radius 2 is 1.69 bits per heavy atom. The van der Waals surface area contributed by atoms with E-state index >= 15 is 0 Å². The van der Waals surface area contributed by atoms with Crippen LogP contribution in [0.4, 0.5) is 0 Å². The number of hydrogen-bond acceptors (Lipinski definition) is 5. The van der Waals surface area contributed by atoms with Crippen molar-refractivity contribution in [3.05, 3.63) is 89.7 Å². The van der Waals surface area contributed by atoms with Gasteiger partial charge in [-0.2, -0.15) is 4.99 Å². The van der Waals surface area contributed by atoms with E-state index in [4.69, 9.17) is 14.2 Å². The van der Waals surface area contributed by atoms with Crippen molar-refractivity contribution < 1.29 is 19.0 Å². The van der Waals surface area contributed by atoms with E-state index in [1.54, 1.807) is 38.5 Å². The minimum Gasteiger partial charge on any atom is -0.493 e. The molecule has 1 amide bonds. The molecule has 0 bridgehead atoms. The third kappa shape index (κ3) is 4.29. The van der Waals surface area contributed by atoms with Crippen LogP contribution in [-0.4, -0.2) is 24.7 Å². The fraction of sp³-hybridized carbons (Fsp3) is 0.120. The lowest BCUT2D eigenvalue weighted by Gasteiger charge is -2.09. The summed E-state index contributed by atoms with van der Waals surface area (Å²) in [7, 11) is 3.18. The topological polar surface area (TPSA) is 62.1 Å². The number of nitrogens with zero attached hydrogens (tertiary/aromatic N) is 2. The average molecular weight is 447 g/mol. The van der Waals surface area contributed by atoms with E-state index in [1.165, 1.54) is 11.3 Å². The van der Waals surface area contributed by atoms with Gasteiger partial charge < -0.3 is 18.8 Å². The molecule has 0 aliphatic heterocycles. The summed E-state index contributed by atoms with van der Waals surface area (Å²) in [6.45, 7) is 4.33. The summed E-state index contributed by atoms with van der Waals surface area (Å²) in [6, 6.07) is 20.2. The van der Waals surface area contributed by atoms with Crippen LogP contribution >= 0.6 is 11.3 Å². The Balaban J connectivity index is 1.80.